The number of imide groups is 1. The minimum atomic E-state index is -0.120. The van der Waals surface area contributed by atoms with Crippen molar-refractivity contribution in [2.75, 3.05) is 11.5 Å². The van der Waals surface area contributed by atoms with Gasteiger partial charge in [-0.25, -0.2) is 0 Å². The predicted octanol–water partition coefficient (Wildman–Crippen LogP) is 0.250. The van der Waals surface area contributed by atoms with E-state index in [1.165, 1.54) is 0 Å². The standard InChI is InChI=1S/C7H9NO2S2/c9-6-4-5(7(10)8-6)12-3-1-2-11-4/h4-5H,1-3H2,(H,8,9,10). The maximum atomic E-state index is 11.2. The van der Waals surface area contributed by atoms with E-state index in [1.807, 2.05) is 0 Å². The van der Waals surface area contributed by atoms with Gasteiger partial charge >= 0.3 is 0 Å². The Morgan fingerprint density at radius 3 is 2.08 bits per heavy atom. The van der Waals surface area contributed by atoms with E-state index in [9.17, 15) is 9.59 Å². The van der Waals surface area contributed by atoms with Gasteiger partial charge in [-0.05, 0) is 17.9 Å². The third-order valence-corrected chi connectivity index (χ3v) is 4.83. The van der Waals surface area contributed by atoms with Gasteiger partial charge in [0.15, 0.2) is 0 Å². The number of amides is 2. The number of carbonyl (C=O) groups excluding carboxylic acids is 2. The lowest BCUT2D eigenvalue weighted by Crippen LogP contribution is -2.23. The van der Waals surface area contributed by atoms with E-state index in [0.29, 0.717) is 0 Å². The van der Waals surface area contributed by atoms with E-state index in [2.05, 4.69) is 5.32 Å². The summed E-state index contributed by atoms with van der Waals surface area (Å²) in [6.07, 6.45) is 1.10. The molecule has 1 N–H and O–H groups in total. The highest BCUT2D eigenvalue weighted by molar-refractivity contribution is 8.05. The van der Waals surface area contributed by atoms with Crippen molar-refractivity contribution in [3.63, 3.8) is 0 Å². The van der Waals surface area contributed by atoms with Gasteiger partial charge in [-0.1, -0.05) is 0 Å². The molecule has 0 aliphatic carbocycles. The second kappa shape index (κ2) is 3.30. The molecule has 2 saturated heterocycles. The number of thioether (sulfide) groups is 2. The topological polar surface area (TPSA) is 46.2 Å². The fourth-order valence-corrected chi connectivity index (χ4v) is 4.15. The highest BCUT2D eigenvalue weighted by Gasteiger charge is 2.42. The number of hydrogen-bond donors (Lipinski definition) is 1. The SMILES string of the molecule is O=C1NC(=O)C2SCCCSC12. The molecule has 2 atom stereocenters. The van der Waals surface area contributed by atoms with Gasteiger partial charge in [0, 0.05) is 0 Å². The smallest absolute Gasteiger partial charge is 0.241 e. The second-order valence-electron chi connectivity index (χ2n) is 2.79. The summed E-state index contributed by atoms with van der Waals surface area (Å²) in [6, 6.07) is 0. The Bertz CT molecular complexity index is 209. The lowest BCUT2D eigenvalue weighted by molar-refractivity contribution is -0.124. The van der Waals surface area contributed by atoms with Crippen LogP contribution in [0, 0.1) is 0 Å². The highest BCUT2D eigenvalue weighted by Crippen LogP contribution is 2.33. The summed E-state index contributed by atoms with van der Waals surface area (Å²) in [5, 5.41) is 2.13. The number of carbonyl (C=O) groups is 2. The average molecular weight is 203 g/mol. The van der Waals surface area contributed by atoms with Crippen LogP contribution in [-0.4, -0.2) is 33.8 Å². The summed E-state index contributed by atoms with van der Waals surface area (Å²) in [6.45, 7) is 0. The van der Waals surface area contributed by atoms with Crippen molar-refractivity contribution in [2.45, 2.75) is 16.9 Å². The third kappa shape index (κ3) is 1.35. The predicted molar refractivity (Wildman–Crippen MR) is 50.3 cm³/mol. The zero-order valence-electron chi connectivity index (χ0n) is 6.41. The van der Waals surface area contributed by atoms with Crippen molar-refractivity contribution in [3.05, 3.63) is 0 Å². The number of fused-ring (bicyclic) bond motifs is 1. The molecule has 0 aromatic heterocycles. The first-order valence-corrected chi connectivity index (χ1v) is 5.97. The maximum Gasteiger partial charge on any atom is 0.241 e. The molecule has 12 heavy (non-hydrogen) atoms. The van der Waals surface area contributed by atoms with Crippen LogP contribution >= 0.6 is 23.5 Å². The van der Waals surface area contributed by atoms with E-state index in [4.69, 9.17) is 0 Å². The maximum absolute atomic E-state index is 11.2. The Balaban J connectivity index is 2.17. The van der Waals surface area contributed by atoms with E-state index in [0.717, 1.165) is 17.9 Å². The molecule has 0 aromatic carbocycles. The van der Waals surface area contributed by atoms with Crippen molar-refractivity contribution < 1.29 is 9.59 Å². The largest absolute Gasteiger partial charge is 0.294 e. The zero-order chi connectivity index (χ0) is 8.55. The normalized spacial score (nSPS) is 35.7. The lowest BCUT2D eigenvalue weighted by Gasteiger charge is -2.08. The molecule has 2 unspecified atom stereocenters. The molecule has 2 fully saturated rings. The van der Waals surface area contributed by atoms with Gasteiger partial charge in [0.2, 0.25) is 11.8 Å². The van der Waals surface area contributed by atoms with Crippen LogP contribution in [0.1, 0.15) is 6.42 Å². The first-order valence-electron chi connectivity index (χ1n) is 3.87. The van der Waals surface area contributed by atoms with Crippen LogP contribution in [0.5, 0.6) is 0 Å². The van der Waals surface area contributed by atoms with Crippen LogP contribution in [0.25, 0.3) is 0 Å². The summed E-state index contributed by atoms with van der Waals surface area (Å²) in [4.78, 5) is 22.4. The molecule has 2 rings (SSSR count). The molecule has 2 amide bonds. The molecule has 0 radical (unpaired) electrons. The molecule has 2 aliphatic rings. The van der Waals surface area contributed by atoms with Crippen molar-refractivity contribution in [1.82, 2.24) is 5.32 Å². The summed E-state index contributed by atoms with van der Waals surface area (Å²) in [7, 11) is 0. The summed E-state index contributed by atoms with van der Waals surface area (Å²) in [5.41, 5.74) is 0. The fraction of sp³-hybridized carbons (Fsp3) is 0.714. The molecule has 2 aliphatic heterocycles. The van der Waals surface area contributed by atoms with Crippen LogP contribution in [-0.2, 0) is 9.59 Å². The van der Waals surface area contributed by atoms with E-state index >= 15 is 0 Å². The van der Waals surface area contributed by atoms with Gasteiger partial charge in [0.25, 0.3) is 0 Å². The van der Waals surface area contributed by atoms with E-state index in [-0.39, 0.29) is 22.3 Å². The third-order valence-electron chi connectivity index (χ3n) is 1.92. The van der Waals surface area contributed by atoms with E-state index < -0.39 is 0 Å². The van der Waals surface area contributed by atoms with E-state index in [1.54, 1.807) is 23.5 Å². The monoisotopic (exact) mass is 203 g/mol. The van der Waals surface area contributed by atoms with Crippen LogP contribution in [0.4, 0.5) is 0 Å². The Morgan fingerprint density at radius 1 is 1.08 bits per heavy atom. The summed E-state index contributed by atoms with van der Waals surface area (Å²) in [5.74, 6) is 1.80. The van der Waals surface area contributed by atoms with Gasteiger partial charge in [-0.2, -0.15) is 0 Å². The summed E-state index contributed by atoms with van der Waals surface area (Å²) < 4.78 is 0. The van der Waals surface area contributed by atoms with Gasteiger partial charge in [0.05, 0.1) is 0 Å². The lowest BCUT2D eigenvalue weighted by atomic mass is 10.3. The minimum absolute atomic E-state index is 0.0931. The zero-order valence-corrected chi connectivity index (χ0v) is 8.04. The first-order chi connectivity index (χ1) is 5.79. The van der Waals surface area contributed by atoms with Gasteiger partial charge < -0.3 is 0 Å². The molecule has 66 valence electrons. The van der Waals surface area contributed by atoms with Crippen LogP contribution in [0.15, 0.2) is 0 Å². The number of rotatable bonds is 0. The molecule has 0 spiro atoms. The Hall–Kier alpha value is -0.160. The van der Waals surface area contributed by atoms with Crippen molar-refractivity contribution >= 4 is 35.3 Å². The first kappa shape index (κ1) is 8.44. The average Bonchev–Trinajstić information content (AvgIpc) is 2.29. The Kier molecular flexibility index (Phi) is 2.32. The van der Waals surface area contributed by atoms with Crippen LogP contribution in [0.2, 0.25) is 0 Å². The summed E-state index contributed by atoms with van der Waals surface area (Å²) >= 11 is 3.23. The minimum Gasteiger partial charge on any atom is -0.294 e. The molecule has 0 aromatic rings. The second-order valence-corrected chi connectivity index (χ2v) is 5.29. The molecule has 0 saturated carbocycles. The molecule has 3 nitrogen and oxygen atoms in total. The quantitative estimate of drug-likeness (QED) is 0.573. The van der Waals surface area contributed by atoms with Crippen molar-refractivity contribution in [2.24, 2.45) is 0 Å². The van der Waals surface area contributed by atoms with Gasteiger partial charge in [0.1, 0.15) is 10.5 Å². The van der Waals surface area contributed by atoms with Crippen LogP contribution < -0.4 is 5.32 Å². The Morgan fingerprint density at radius 2 is 1.58 bits per heavy atom. The molecular weight excluding hydrogens is 194 g/mol. The Labute approximate surface area is 79.0 Å². The van der Waals surface area contributed by atoms with Crippen molar-refractivity contribution in [1.29, 1.82) is 0 Å². The molecular formula is C7H9NO2S2. The van der Waals surface area contributed by atoms with Crippen molar-refractivity contribution in [3.8, 4) is 0 Å². The number of nitrogens with one attached hydrogen (secondary N) is 1. The molecule has 5 heteroatoms. The number of hydrogen-bond acceptors (Lipinski definition) is 4. The van der Waals surface area contributed by atoms with Crippen LogP contribution in [0.3, 0.4) is 0 Å². The molecule has 0 bridgehead atoms. The fourth-order valence-electron chi connectivity index (χ4n) is 1.34. The van der Waals surface area contributed by atoms with Gasteiger partial charge in [-0.3, -0.25) is 14.9 Å². The highest BCUT2D eigenvalue weighted by atomic mass is 32.2. The molecule has 2 heterocycles. The van der Waals surface area contributed by atoms with Gasteiger partial charge in [-0.15, -0.1) is 23.5 Å².